The minimum absolute atomic E-state index is 0.0590. The molecule has 1 amide bonds. The van der Waals surface area contributed by atoms with Gasteiger partial charge in [0, 0.05) is 12.4 Å². The highest BCUT2D eigenvalue weighted by Crippen LogP contribution is 2.32. The van der Waals surface area contributed by atoms with Crippen LogP contribution in [0.5, 0.6) is 0 Å². The molecule has 1 aliphatic rings. The Kier molecular flexibility index (Phi) is 2.89. The van der Waals surface area contributed by atoms with Crippen LogP contribution in [0.2, 0.25) is 0 Å². The molecular weight excluding hydrogens is 210 g/mol. The molecule has 6 nitrogen and oxygen atoms in total. The van der Waals surface area contributed by atoms with Crippen LogP contribution in [-0.2, 0) is 16.1 Å². The summed E-state index contributed by atoms with van der Waals surface area (Å²) in [6.45, 7) is 0.0590. The van der Waals surface area contributed by atoms with Crippen molar-refractivity contribution in [1.82, 2.24) is 15.1 Å². The predicted molar refractivity (Wildman–Crippen MR) is 54.5 cm³/mol. The topological polar surface area (TPSA) is 84.2 Å². The maximum absolute atomic E-state index is 11.5. The second-order valence-electron chi connectivity index (χ2n) is 3.92. The Hall–Kier alpha value is -1.85. The number of carbonyl (C=O) groups excluding carboxylic acids is 1. The van der Waals surface area contributed by atoms with Gasteiger partial charge in [-0.15, -0.1) is 0 Å². The van der Waals surface area contributed by atoms with E-state index in [1.807, 2.05) is 0 Å². The number of carboxylic acids is 1. The molecule has 0 aromatic carbocycles. The SMILES string of the molecule is O=C(Cn1cccn1)NC(C(=O)O)C1CC1. The van der Waals surface area contributed by atoms with Gasteiger partial charge < -0.3 is 10.4 Å². The lowest BCUT2D eigenvalue weighted by Gasteiger charge is -2.13. The molecule has 1 aromatic rings. The van der Waals surface area contributed by atoms with E-state index in [4.69, 9.17) is 5.11 Å². The summed E-state index contributed by atoms with van der Waals surface area (Å²) in [4.78, 5) is 22.4. The maximum Gasteiger partial charge on any atom is 0.326 e. The molecule has 1 saturated carbocycles. The van der Waals surface area contributed by atoms with Gasteiger partial charge in [0.2, 0.25) is 5.91 Å². The second kappa shape index (κ2) is 4.34. The smallest absolute Gasteiger partial charge is 0.326 e. The largest absolute Gasteiger partial charge is 0.480 e. The summed E-state index contributed by atoms with van der Waals surface area (Å²) in [6.07, 6.45) is 4.98. The lowest BCUT2D eigenvalue weighted by Crippen LogP contribution is -2.43. The molecular formula is C10H13N3O3. The molecule has 6 heteroatoms. The first kappa shape index (κ1) is 10.7. The summed E-state index contributed by atoms with van der Waals surface area (Å²) in [5, 5.41) is 15.3. The number of aromatic nitrogens is 2. The molecule has 0 aliphatic heterocycles. The van der Waals surface area contributed by atoms with Gasteiger partial charge in [-0.3, -0.25) is 9.48 Å². The van der Waals surface area contributed by atoms with E-state index >= 15 is 0 Å². The van der Waals surface area contributed by atoms with Crippen molar-refractivity contribution < 1.29 is 14.7 Å². The van der Waals surface area contributed by atoms with E-state index in [2.05, 4.69) is 10.4 Å². The summed E-state index contributed by atoms with van der Waals surface area (Å²) >= 11 is 0. The number of carbonyl (C=O) groups is 2. The van der Waals surface area contributed by atoms with Gasteiger partial charge in [-0.05, 0) is 24.8 Å². The Bertz CT molecular complexity index is 384. The first-order valence-electron chi connectivity index (χ1n) is 5.16. The van der Waals surface area contributed by atoms with Crippen LogP contribution in [0.15, 0.2) is 18.5 Å². The van der Waals surface area contributed by atoms with Crippen molar-refractivity contribution in [3.05, 3.63) is 18.5 Å². The number of hydrogen-bond donors (Lipinski definition) is 2. The summed E-state index contributed by atoms with van der Waals surface area (Å²) in [6, 6.07) is 0.964. The van der Waals surface area contributed by atoms with Crippen LogP contribution in [0, 0.1) is 5.92 Å². The molecule has 1 aliphatic carbocycles. The van der Waals surface area contributed by atoms with Crippen molar-refractivity contribution in [2.75, 3.05) is 0 Å². The molecule has 2 rings (SSSR count). The number of nitrogens with zero attached hydrogens (tertiary/aromatic N) is 2. The summed E-state index contributed by atoms with van der Waals surface area (Å²) in [5.41, 5.74) is 0. The number of aliphatic carboxylic acids is 1. The fourth-order valence-corrected chi connectivity index (χ4v) is 1.57. The van der Waals surface area contributed by atoms with Gasteiger partial charge in [0.25, 0.3) is 0 Å². The number of hydrogen-bond acceptors (Lipinski definition) is 3. The lowest BCUT2D eigenvalue weighted by atomic mass is 10.2. The van der Waals surface area contributed by atoms with Crippen LogP contribution in [-0.4, -0.2) is 32.8 Å². The van der Waals surface area contributed by atoms with E-state index in [9.17, 15) is 9.59 Å². The lowest BCUT2D eigenvalue weighted by molar-refractivity contribution is -0.142. The zero-order valence-corrected chi connectivity index (χ0v) is 8.67. The number of nitrogens with one attached hydrogen (secondary N) is 1. The third-order valence-corrected chi connectivity index (χ3v) is 2.54. The minimum Gasteiger partial charge on any atom is -0.480 e. The highest BCUT2D eigenvalue weighted by atomic mass is 16.4. The Morgan fingerprint density at radius 3 is 2.81 bits per heavy atom. The first-order valence-corrected chi connectivity index (χ1v) is 5.16. The minimum atomic E-state index is -0.962. The van der Waals surface area contributed by atoms with Crippen molar-refractivity contribution in [3.63, 3.8) is 0 Å². The van der Waals surface area contributed by atoms with Gasteiger partial charge >= 0.3 is 5.97 Å². The molecule has 0 spiro atoms. The third-order valence-electron chi connectivity index (χ3n) is 2.54. The molecule has 1 heterocycles. The van der Waals surface area contributed by atoms with E-state index in [-0.39, 0.29) is 18.4 Å². The van der Waals surface area contributed by atoms with Gasteiger partial charge in [-0.2, -0.15) is 5.10 Å². The van der Waals surface area contributed by atoms with E-state index in [1.165, 1.54) is 4.68 Å². The zero-order chi connectivity index (χ0) is 11.5. The van der Waals surface area contributed by atoms with Crippen LogP contribution in [0.3, 0.4) is 0 Å². The van der Waals surface area contributed by atoms with Crippen molar-refractivity contribution >= 4 is 11.9 Å². The van der Waals surface area contributed by atoms with E-state index in [0.717, 1.165) is 12.8 Å². The van der Waals surface area contributed by atoms with Gasteiger partial charge in [0.1, 0.15) is 12.6 Å². The molecule has 2 N–H and O–H groups in total. The van der Waals surface area contributed by atoms with Crippen LogP contribution in [0.4, 0.5) is 0 Å². The van der Waals surface area contributed by atoms with Gasteiger partial charge in [-0.1, -0.05) is 0 Å². The van der Waals surface area contributed by atoms with Crippen molar-refractivity contribution in [2.45, 2.75) is 25.4 Å². The molecule has 1 aromatic heterocycles. The quantitative estimate of drug-likeness (QED) is 0.727. The average molecular weight is 223 g/mol. The predicted octanol–water partition coefficient (Wildman–Crippen LogP) is -0.137. The average Bonchev–Trinajstić information content (AvgIpc) is 2.94. The molecule has 0 bridgehead atoms. The monoisotopic (exact) mass is 223 g/mol. The van der Waals surface area contributed by atoms with Gasteiger partial charge in [0.05, 0.1) is 0 Å². The van der Waals surface area contributed by atoms with Crippen LogP contribution >= 0.6 is 0 Å². The van der Waals surface area contributed by atoms with E-state index in [0.29, 0.717) is 0 Å². The first-order chi connectivity index (χ1) is 7.66. The summed E-state index contributed by atoms with van der Waals surface area (Å²) < 4.78 is 1.46. The Morgan fingerprint density at radius 2 is 2.31 bits per heavy atom. The Morgan fingerprint density at radius 1 is 1.56 bits per heavy atom. The van der Waals surface area contributed by atoms with Crippen LogP contribution in [0.1, 0.15) is 12.8 Å². The Labute approximate surface area is 92.3 Å². The van der Waals surface area contributed by atoms with Crippen LogP contribution < -0.4 is 5.32 Å². The van der Waals surface area contributed by atoms with Crippen molar-refractivity contribution in [2.24, 2.45) is 5.92 Å². The fourth-order valence-electron chi connectivity index (χ4n) is 1.57. The van der Waals surface area contributed by atoms with E-state index < -0.39 is 12.0 Å². The fraction of sp³-hybridized carbons (Fsp3) is 0.500. The molecule has 0 radical (unpaired) electrons. The number of carboxylic acid groups (broad SMARTS) is 1. The molecule has 1 atom stereocenters. The maximum atomic E-state index is 11.5. The van der Waals surface area contributed by atoms with Gasteiger partial charge in [-0.25, -0.2) is 4.79 Å². The molecule has 86 valence electrons. The molecule has 0 saturated heterocycles. The molecule has 1 fully saturated rings. The normalized spacial score (nSPS) is 16.8. The second-order valence-corrected chi connectivity index (χ2v) is 3.92. The number of amides is 1. The summed E-state index contributed by atoms with van der Waals surface area (Å²) in [7, 11) is 0. The highest BCUT2D eigenvalue weighted by Gasteiger charge is 2.37. The molecule has 16 heavy (non-hydrogen) atoms. The van der Waals surface area contributed by atoms with Crippen molar-refractivity contribution in [3.8, 4) is 0 Å². The summed E-state index contributed by atoms with van der Waals surface area (Å²) in [5.74, 6) is -1.18. The van der Waals surface area contributed by atoms with Crippen molar-refractivity contribution in [1.29, 1.82) is 0 Å². The number of rotatable bonds is 5. The highest BCUT2D eigenvalue weighted by molar-refractivity contribution is 5.83. The molecule has 1 unspecified atom stereocenters. The standard InChI is InChI=1S/C10H13N3O3/c14-8(6-13-5-1-4-11-13)12-9(10(15)16)7-2-3-7/h1,4-5,7,9H,2-3,6H2,(H,12,14)(H,15,16). The van der Waals surface area contributed by atoms with E-state index in [1.54, 1.807) is 18.5 Å². The zero-order valence-electron chi connectivity index (χ0n) is 8.67. The van der Waals surface area contributed by atoms with Crippen LogP contribution in [0.25, 0.3) is 0 Å². The third kappa shape index (κ3) is 2.59. The Balaban J connectivity index is 1.88. The van der Waals surface area contributed by atoms with Gasteiger partial charge in [0.15, 0.2) is 0 Å².